The summed E-state index contributed by atoms with van der Waals surface area (Å²) < 4.78 is 0. The standard InChI is InChI=1S/C9H21N3.C6H15NO/c1-9(10(2)3)12-7-5-11(4)6-8-12;1-3-6(7,4-2)5-8/h9H,5-8H2,1-4H3;8H,3-5,7H2,1-2H3. The molecule has 0 radical (unpaired) electrons. The van der Waals surface area contributed by atoms with Gasteiger partial charge in [-0.05, 0) is 40.9 Å². The minimum absolute atomic E-state index is 0.0972. The Balaban J connectivity index is 0.000000396. The van der Waals surface area contributed by atoms with Gasteiger partial charge in [-0.1, -0.05) is 13.8 Å². The summed E-state index contributed by atoms with van der Waals surface area (Å²) in [7, 11) is 6.48. The first-order valence-electron chi connectivity index (χ1n) is 7.78. The van der Waals surface area contributed by atoms with Crippen LogP contribution >= 0.6 is 0 Å². The molecule has 1 aliphatic rings. The van der Waals surface area contributed by atoms with Gasteiger partial charge < -0.3 is 15.7 Å². The van der Waals surface area contributed by atoms with Crippen LogP contribution in [0.1, 0.15) is 33.6 Å². The van der Waals surface area contributed by atoms with E-state index in [4.69, 9.17) is 10.8 Å². The van der Waals surface area contributed by atoms with Gasteiger partial charge in [0.1, 0.15) is 0 Å². The van der Waals surface area contributed by atoms with E-state index in [1.807, 2.05) is 13.8 Å². The first-order valence-corrected chi connectivity index (χ1v) is 7.78. The van der Waals surface area contributed by atoms with Gasteiger partial charge in [-0.15, -0.1) is 0 Å². The normalized spacial score (nSPS) is 19.6. The zero-order chi connectivity index (χ0) is 15.8. The maximum atomic E-state index is 8.66. The molecular weight excluding hydrogens is 252 g/mol. The second-order valence-electron chi connectivity index (χ2n) is 6.16. The number of likely N-dealkylation sites (N-methyl/N-ethyl adjacent to an activating group) is 1. The summed E-state index contributed by atoms with van der Waals surface area (Å²) in [6.07, 6.45) is 2.28. The Hall–Kier alpha value is -0.200. The van der Waals surface area contributed by atoms with Crippen molar-refractivity contribution in [1.82, 2.24) is 14.7 Å². The average Bonchev–Trinajstić information content (AvgIpc) is 2.47. The third kappa shape index (κ3) is 6.99. The highest BCUT2D eigenvalue weighted by Gasteiger charge is 2.19. The first kappa shape index (κ1) is 19.8. The molecule has 1 saturated heterocycles. The van der Waals surface area contributed by atoms with Crippen molar-refractivity contribution in [2.24, 2.45) is 5.73 Å². The van der Waals surface area contributed by atoms with E-state index in [-0.39, 0.29) is 12.1 Å². The zero-order valence-electron chi connectivity index (χ0n) is 14.4. The van der Waals surface area contributed by atoms with E-state index in [1.165, 1.54) is 26.2 Å². The summed E-state index contributed by atoms with van der Waals surface area (Å²) in [6, 6.07) is 0. The summed E-state index contributed by atoms with van der Waals surface area (Å²) in [5.41, 5.74) is 5.33. The van der Waals surface area contributed by atoms with E-state index in [0.717, 1.165) is 12.8 Å². The molecule has 1 rings (SSSR count). The summed E-state index contributed by atoms with van der Waals surface area (Å²) >= 11 is 0. The van der Waals surface area contributed by atoms with E-state index in [0.29, 0.717) is 6.17 Å². The van der Waals surface area contributed by atoms with E-state index >= 15 is 0 Å². The van der Waals surface area contributed by atoms with Gasteiger partial charge in [0, 0.05) is 31.7 Å². The molecule has 122 valence electrons. The molecule has 3 N–H and O–H groups in total. The smallest absolute Gasteiger partial charge is 0.0610 e. The lowest BCUT2D eigenvalue weighted by atomic mass is 9.96. The minimum Gasteiger partial charge on any atom is -0.394 e. The molecule has 0 spiro atoms. The summed E-state index contributed by atoms with van der Waals surface area (Å²) in [4.78, 5) is 7.18. The van der Waals surface area contributed by atoms with Crippen LogP contribution in [0.3, 0.4) is 0 Å². The predicted octanol–water partition coefficient (Wildman–Crippen LogP) is 0.638. The molecule has 5 nitrogen and oxygen atoms in total. The Kier molecular flexibility index (Phi) is 9.59. The van der Waals surface area contributed by atoms with Crippen molar-refractivity contribution < 1.29 is 5.11 Å². The van der Waals surface area contributed by atoms with Crippen molar-refractivity contribution in [2.45, 2.75) is 45.3 Å². The highest BCUT2D eigenvalue weighted by atomic mass is 16.3. The van der Waals surface area contributed by atoms with Crippen molar-refractivity contribution in [3.8, 4) is 0 Å². The number of nitrogens with two attached hydrogens (primary N) is 1. The number of hydrogen-bond donors (Lipinski definition) is 2. The van der Waals surface area contributed by atoms with E-state index < -0.39 is 0 Å². The Morgan fingerprint density at radius 1 is 1.15 bits per heavy atom. The second kappa shape index (κ2) is 9.68. The quantitative estimate of drug-likeness (QED) is 0.777. The number of aliphatic hydroxyl groups excluding tert-OH is 1. The molecule has 0 saturated carbocycles. The van der Waals surface area contributed by atoms with Crippen molar-refractivity contribution in [1.29, 1.82) is 0 Å². The lowest BCUT2D eigenvalue weighted by Crippen LogP contribution is -2.52. The monoisotopic (exact) mass is 288 g/mol. The molecule has 5 heteroatoms. The van der Waals surface area contributed by atoms with Crippen molar-refractivity contribution in [3.63, 3.8) is 0 Å². The third-order valence-corrected chi connectivity index (χ3v) is 4.54. The van der Waals surface area contributed by atoms with Crippen molar-refractivity contribution >= 4 is 0 Å². The summed E-state index contributed by atoms with van der Waals surface area (Å²) in [5, 5.41) is 8.66. The number of nitrogens with zero attached hydrogens (tertiary/aromatic N) is 3. The van der Waals surface area contributed by atoms with Gasteiger partial charge in [0.15, 0.2) is 0 Å². The fourth-order valence-electron chi connectivity index (χ4n) is 2.00. The molecule has 0 aromatic carbocycles. The number of rotatable bonds is 5. The molecule has 1 atom stereocenters. The highest BCUT2D eigenvalue weighted by molar-refractivity contribution is 4.78. The summed E-state index contributed by atoms with van der Waals surface area (Å²) in [5.74, 6) is 0. The van der Waals surface area contributed by atoms with E-state index in [2.05, 4.69) is 42.8 Å². The highest BCUT2D eigenvalue weighted by Crippen LogP contribution is 2.08. The largest absolute Gasteiger partial charge is 0.394 e. The second-order valence-corrected chi connectivity index (χ2v) is 6.16. The molecule has 0 amide bonds. The number of aliphatic hydroxyl groups is 1. The van der Waals surface area contributed by atoms with Crippen LogP contribution in [0.15, 0.2) is 0 Å². The molecule has 1 heterocycles. The van der Waals surface area contributed by atoms with Gasteiger partial charge in [0.25, 0.3) is 0 Å². The van der Waals surface area contributed by atoms with Crippen LogP contribution < -0.4 is 5.73 Å². The van der Waals surface area contributed by atoms with Crippen LogP contribution in [0, 0.1) is 0 Å². The Morgan fingerprint density at radius 3 is 1.85 bits per heavy atom. The van der Waals surface area contributed by atoms with E-state index in [9.17, 15) is 0 Å². The minimum atomic E-state index is -0.319. The lowest BCUT2D eigenvalue weighted by Gasteiger charge is -2.39. The maximum Gasteiger partial charge on any atom is 0.0610 e. The molecule has 1 unspecified atom stereocenters. The summed E-state index contributed by atoms with van der Waals surface area (Å²) in [6.45, 7) is 11.2. The molecule has 1 fully saturated rings. The molecule has 0 aromatic heterocycles. The van der Waals surface area contributed by atoms with Crippen LogP contribution in [0.25, 0.3) is 0 Å². The lowest BCUT2D eigenvalue weighted by molar-refractivity contribution is 0.0499. The van der Waals surface area contributed by atoms with Crippen LogP contribution in [0.5, 0.6) is 0 Å². The van der Waals surface area contributed by atoms with Gasteiger partial charge in [-0.2, -0.15) is 0 Å². The fourth-order valence-corrected chi connectivity index (χ4v) is 2.00. The predicted molar refractivity (Wildman–Crippen MR) is 86.8 cm³/mol. The van der Waals surface area contributed by atoms with Crippen LogP contribution in [0.2, 0.25) is 0 Å². The Labute approximate surface area is 125 Å². The number of hydrogen-bond acceptors (Lipinski definition) is 5. The Morgan fingerprint density at radius 2 is 1.60 bits per heavy atom. The average molecular weight is 288 g/mol. The third-order valence-electron chi connectivity index (χ3n) is 4.54. The topological polar surface area (TPSA) is 56.0 Å². The van der Waals surface area contributed by atoms with Crippen molar-refractivity contribution in [3.05, 3.63) is 0 Å². The SMILES string of the molecule is CC(N(C)C)N1CCN(C)CC1.CCC(N)(CC)CO. The van der Waals surface area contributed by atoms with Crippen LogP contribution in [0.4, 0.5) is 0 Å². The molecule has 20 heavy (non-hydrogen) atoms. The maximum absolute atomic E-state index is 8.66. The molecule has 0 aromatic rings. The van der Waals surface area contributed by atoms with Crippen molar-refractivity contribution in [2.75, 3.05) is 53.9 Å². The van der Waals surface area contributed by atoms with Gasteiger partial charge >= 0.3 is 0 Å². The fraction of sp³-hybridized carbons (Fsp3) is 1.00. The van der Waals surface area contributed by atoms with Gasteiger partial charge in [-0.3, -0.25) is 9.80 Å². The molecule has 1 aliphatic heterocycles. The van der Waals surface area contributed by atoms with Crippen LogP contribution in [-0.2, 0) is 0 Å². The molecule has 0 aliphatic carbocycles. The van der Waals surface area contributed by atoms with Crippen LogP contribution in [-0.4, -0.2) is 85.4 Å². The first-order chi connectivity index (χ1) is 9.29. The Bertz CT molecular complexity index is 228. The zero-order valence-corrected chi connectivity index (χ0v) is 14.4. The molecule has 0 bridgehead atoms. The molecular formula is C15H36N4O. The van der Waals surface area contributed by atoms with Gasteiger partial charge in [0.2, 0.25) is 0 Å². The number of piperazine rings is 1. The van der Waals surface area contributed by atoms with Gasteiger partial charge in [-0.25, -0.2) is 0 Å². The van der Waals surface area contributed by atoms with E-state index in [1.54, 1.807) is 0 Å². The van der Waals surface area contributed by atoms with Gasteiger partial charge in [0.05, 0.1) is 12.8 Å².